The standard InChI is InChI=1S/C15H28O.C2H4O2/c1-2-3-4-5-6-7-8-9-10-11-12-13-14-15-16;1-2(3)4/h4-7,16H,2-3,8-15H2,1H3;1H3,(H,3,4). The molecule has 0 fully saturated rings. The molecule has 20 heavy (non-hydrogen) atoms. The predicted molar refractivity (Wildman–Crippen MR) is 85.9 cm³/mol. The van der Waals surface area contributed by atoms with Gasteiger partial charge in [0, 0.05) is 13.5 Å². The molecule has 0 rings (SSSR count). The van der Waals surface area contributed by atoms with Crippen LogP contribution in [0.3, 0.4) is 0 Å². The second-order valence-electron chi connectivity index (χ2n) is 4.80. The first-order chi connectivity index (χ1) is 9.65. The molecular weight excluding hydrogens is 252 g/mol. The lowest BCUT2D eigenvalue weighted by atomic mass is 10.1. The Kier molecular flexibility index (Phi) is 21.5. The van der Waals surface area contributed by atoms with Crippen LogP contribution in [-0.2, 0) is 4.79 Å². The zero-order valence-electron chi connectivity index (χ0n) is 13.2. The van der Waals surface area contributed by atoms with Crippen molar-refractivity contribution < 1.29 is 15.0 Å². The number of aliphatic carboxylic acids is 1. The van der Waals surface area contributed by atoms with Crippen molar-refractivity contribution in [3.8, 4) is 0 Å². The highest BCUT2D eigenvalue weighted by molar-refractivity contribution is 5.62. The summed E-state index contributed by atoms with van der Waals surface area (Å²) in [6.07, 6.45) is 19.8. The summed E-state index contributed by atoms with van der Waals surface area (Å²) in [4.78, 5) is 9.00. The van der Waals surface area contributed by atoms with Crippen molar-refractivity contribution in [1.29, 1.82) is 0 Å². The number of hydrogen-bond acceptors (Lipinski definition) is 2. The molecule has 0 radical (unpaired) electrons. The van der Waals surface area contributed by atoms with E-state index < -0.39 is 5.97 Å². The van der Waals surface area contributed by atoms with Crippen molar-refractivity contribution in [2.45, 2.75) is 71.6 Å². The summed E-state index contributed by atoms with van der Waals surface area (Å²) in [7, 11) is 0. The summed E-state index contributed by atoms with van der Waals surface area (Å²) in [5.41, 5.74) is 0. The van der Waals surface area contributed by atoms with Crippen LogP contribution in [0.4, 0.5) is 0 Å². The van der Waals surface area contributed by atoms with Crippen LogP contribution in [0.15, 0.2) is 24.3 Å². The second-order valence-corrected chi connectivity index (χ2v) is 4.80. The Morgan fingerprint density at radius 1 is 0.900 bits per heavy atom. The fourth-order valence-corrected chi connectivity index (χ4v) is 1.60. The molecule has 0 aromatic carbocycles. The van der Waals surface area contributed by atoms with Crippen molar-refractivity contribution in [3.05, 3.63) is 24.3 Å². The highest BCUT2D eigenvalue weighted by Crippen LogP contribution is 2.07. The molecule has 118 valence electrons. The monoisotopic (exact) mass is 284 g/mol. The summed E-state index contributed by atoms with van der Waals surface area (Å²) in [5, 5.41) is 16.0. The maximum absolute atomic E-state index is 9.00. The number of unbranched alkanes of at least 4 members (excludes halogenated alkanes) is 7. The van der Waals surface area contributed by atoms with Crippen LogP contribution >= 0.6 is 0 Å². The molecule has 3 nitrogen and oxygen atoms in total. The molecule has 0 unspecified atom stereocenters. The first-order valence-corrected chi connectivity index (χ1v) is 7.77. The van der Waals surface area contributed by atoms with Gasteiger partial charge in [-0.1, -0.05) is 63.3 Å². The van der Waals surface area contributed by atoms with Crippen molar-refractivity contribution in [1.82, 2.24) is 0 Å². The van der Waals surface area contributed by atoms with E-state index >= 15 is 0 Å². The Hall–Kier alpha value is -1.09. The quantitative estimate of drug-likeness (QED) is 0.426. The molecule has 0 atom stereocenters. The number of carboxylic acid groups (broad SMARTS) is 1. The van der Waals surface area contributed by atoms with Crippen molar-refractivity contribution in [3.63, 3.8) is 0 Å². The van der Waals surface area contributed by atoms with E-state index in [4.69, 9.17) is 15.0 Å². The van der Waals surface area contributed by atoms with Crippen molar-refractivity contribution >= 4 is 5.97 Å². The van der Waals surface area contributed by atoms with Gasteiger partial charge in [-0.3, -0.25) is 4.79 Å². The minimum Gasteiger partial charge on any atom is -0.481 e. The van der Waals surface area contributed by atoms with Gasteiger partial charge in [-0.15, -0.1) is 0 Å². The van der Waals surface area contributed by atoms with Gasteiger partial charge < -0.3 is 10.2 Å². The third-order valence-electron chi connectivity index (χ3n) is 2.62. The van der Waals surface area contributed by atoms with Gasteiger partial charge in [0.15, 0.2) is 0 Å². The Balaban J connectivity index is 0. The molecule has 0 spiro atoms. The zero-order chi connectivity index (χ0) is 15.5. The molecule has 0 bridgehead atoms. The third kappa shape index (κ3) is 30.2. The average Bonchev–Trinajstić information content (AvgIpc) is 2.39. The summed E-state index contributed by atoms with van der Waals surface area (Å²) >= 11 is 0. The van der Waals surface area contributed by atoms with Crippen LogP contribution < -0.4 is 0 Å². The van der Waals surface area contributed by atoms with E-state index in [-0.39, 0.29) is 0 Å². The van der Waals surface area contributed by atoms with E-state index in [1.807, 2.05) is 0 Å². The third-order valence-corrected chi connectivity index (χ3v) is 2.62. The number of allylic oxidation sites excluding steroid dienone is 4. The molecule has 0 saturated carbocycles. The maximum Gasteiger partial charge on any atom is 0.300 e. The highest BCUT2D eigenvalue weighted by Gasteiger charge is 1.89. The summed E-state index contributed by atoms with van der Waals surface area (Å²) in [6.45, 7) is 3.64. The lowest BCUT2D eigenvalue weighted by Gasteiger charge is -1.98. The molecule has 0 aromatic rings. The van der Waals surface area contributed by atoms with Gasteiger partial charge in [-0.25, -0.2) is 0 Å². The van der Waals surface area contributed by atoms with Crippen LogP contribution in [0.1, 0.15) is 71.6 Å². The van der Waals surface area contributed by atoms with Crippen LogP contribution in [0.2, 0.25) is 0 Å². The number of aliphatic hydroxyl groups is 1. The van der Waals surface area contributed by atoms with Gasteiger partial charge in [0.2, 0.25) is 0 Å². The number of carboxylic acids is 1. The van der Waals surface area contributed by atoms with Gasteiger partial charge in [-0.2, -0.15) is 0 Å². The van der Waals surface area contributed by atoms with Crippen LogP contribution in [0.25, 0.3) is 0 Å². The van der Waals surface area contributed by atoms with E-state index in [0.29, 0.717) is 6.61 Å². The molecule has 2 N–H and O–H groups in total. The lowest BCUT2D eigenvalue weighted by molar-refractivity contribution is -0.134. The molecule has 0 aliphatic rings. The SMILES string of the molecule is CC(=O)O.CCCC=CC=CCCCCCCCCO. The normalized spacial score (nSPS) is 10.8. The average molecular weight is 284 g/mol. The van der Waals surface area contributed by atoms with Gasteiger partial charge in [-0.05, 0) is 25.7 Å². The molecule has 0 aliphatic heterocycles. The number of aliphatic hydroxyl groups excluding tert-OH is 1. The summed E-state index contributed by atoms with van der Waals surface area (Å²) in [5.74, 6) is -0.833. The largest absolute Gasteiger partial charge is 0.481 e. The van der Waals surface area contributed by atoms with E-state index in [0.717, 1.165) is 13.3 Å². The van der Waals surface area contributed by atoms with Crippen LogP contribution in [0, 0.1) is 0 Å². The Bertz CT molecular complexity index is 241. The predicted octanol–water partition coefficient (Wildman–Crippen LogP) is 4.71. The first-order valence-electron chi connectivity index (χ1n) is 7.77. The summed E-state index contributed by atoms with van der Waals surface area (Å²) < 4.78 is 0. The van der Waals surface area contributed by atoms with E-state index in [1.54, 1.807) is 0 Å². The highest BCUT2D eigenvalue weighted by atomic mass is 16.4. The molecule has 0 amide bonds. The van der Waals surface area contributed by atoms with E-state index in [2.05, 4.69) is 31.2 Å². The van der Waals surface area contributed by atoms with Crippen LogP contribution in [0.5, 0.6) is 0 Å². The number of rotatable bonds is 11. The molecule has 3 heteroatoms. The summed E-state index contributed by atoms with van der Waals surface area (Å²) in [6, 6.07) is 0. The Labute approximate surface area is 124 Å². The molecule has 0 aromatic heterocycles. The van der Waals surface area contributed by atoms with Gasteiger partial charge in [0.05, 0.1) is 0 Å². The van der Waals surface area contributed by atoms with E-state index in [9.17, 15) is 0 Å². The lowest BCUT2D eigenvalue weighted by Crippen LogP contribution is -1.83. The smallest absolute Gasteiger partial charge is 0.300 e. The first kappa shape index (κ1) is 21.2. The fraction of sp³-hybridized carbons (Fsp3) is 0.706. The fourth-order valence-electron chi connectivity index (χ4n) is 1.60. The maximum atomic E-state index is 9.00. The van der Waals surface area contributed by atoms with E-state index in [1.165, 1.54) is 51.4 Å². The zero-order valence-corrected chi connectivity index (χ0v) is 13.2. The molecule has 0 saturated heterocycles. The molecule has 0 aliphatic carbocycles. The number of hydrogen-bond donors (Lipinski definition) is 2. The minimum absolute atomic E-state index is 0.354. The minimum atomic E-state index is -0.833. The van der Waals surface area contributed by atoms with Crippen molar-refractivity contribution in [2.24, 2.45) is 0 Å². The van der Waals surface area contributed by atoms with Gasteiger partial charge in [0.1, 0.15) is 0 Å². The number of carbonyl (C=O) groups is 1. The second kappa shape index (κ2) is 20.2. The molecular formula is C17H32O3. The topological polar surface area (TPSA) is 57.5 Å². The van der Waals surface area contributed by atoms with Gasteiger partial charge in [0.25, 0.3) is 5.97 Å². The van der Waals surface area contributed by atoms with Crippen molar-refractivity contribution in [2.75, 3.05) is 6.61 Å². The Morgan fingerprint density at radius 3 is 1.85 bits per heavy atom. The Morgan fingerprint density at radius 2 is 1.35 bits per heavy atom. The van der Waals surface area contributed by atoms with Gasteiger partial charge >= 0.3 is 0 Å². The van der Waals surface area contributed by atoms with Crippen LogP contribution in [-0.4, -0.2) is 22.8 Å². The molecule has 0 heterocycles.